The highest BCUT2D eigenvalue weighted by Gasteiger charge is 2.54. The molecule has 4 rings (SSSR count). The molecule has 29 heavy (non-hydrogen) atoms. The number of primary sulfonamides is 1. The van der Waals surface area contributed by atoms with E-state index in [1.165, 1.54) is 24.3 Å². The van der Waals surface area contributed by atoms with Gasteiger partial charge in [-0.15, -0.1) is 0 Å². The monoisotopic (exact) mass is 418 g/mol. The number of carbonyl (C=O) groups is 2. The van der Waals surface area contributed by atoms with Gasteiger partial charge in [0, 0.05) is 5.56 Å². The van der Waals surface area contributed by atoms with Crippen LogP contribution in [0.25, 0.3) is 11.3 Å². The van der Waals surface area contributed by atoms with Crippen molar-refractivity contribution in [1.29, 1.82) is 0 Å². The third kappa shape index (κ3) is 3.49. The smallest absolute Gasteiger partial charge is 0.322 e. The number of amides is 3. The molecular formula is C19H19FN4O4S. The standard InChI is InChI=1S/C19H19FN4O4S/c20-13-5-3-11(4-6-13)14-7-8-16(29(21,27)28)15(22-14)10-12-2-1-9-19(12)17(25)23-18(26)24-19/h3-8,12H,1-2,9-10H2,(H2,21,27,28)(H2,23,24,25,26). The Kier molecular flexibility index (Phi) is 4.62. The van der Waals surface area contributed by atoms with Gasteiger partial charge in [0.2, 0.25) is 10.0 Å². The fourth-order valence-corrected chi connectivity index (χ4v) is 4.95. The molecule has 0 bridgehead atoms. The number of aromatic nitrogens is 1. The molecule has 1 saturated carbocycles. The molecule has 3 amide bonds. The van der Waals surface area contributed by atoms with E-state index in [2.05, 4.69) is 15.6 Å². The van der Waals surface area contributed by atoms with Gasteiger partial charge >= 0.3 is 6.03 Å². The SMILES string of the molecule is NS(=O)(=O)c1ccc(-c2ccc(F)cc2)nc1CC1CCCC12NC(=O)NC2=O. The van der Waals surface area contributed by atoms with Gasteiger partial charge in [0.25, 0.3) is 5.91 Å². The van der Waals surface area contributed by atoms with Gasteiger partial charge < -0.3 is 5.32 Å². The highest BCUT2D eigenvalue weighted by atomic mass is 32.2. The largest absolute Gasteiger partial charge is 0.323 e. The van der Waals surface area contributed by atoms with Crippen LogP contribution in [-0.4, -0.2) is 30.9 Å². The van der Waals surface area contributed by atoms with Gasteiger partial charge in [-0.3, -0.25) is 15.1 Å². The summed E-state index contributed by atoms with van der Waals surface area (Å²) in [4.78, 5) is 28.5. The molecule has 8 nitrogen and oxygen atoms in total. The van der Waals surface area contributed by atoms with E-state index in [0.29, 0.717) is 30.5 Å². The Morgan fingerprint density at radius 2 is 1.90 bits per heavy atom. The Hall–Kier alpha value is -2.85. The van der Waals surface area contributed by atoms with Crippen LogP contribution in [-0.2, 0) is 21.2 Å². The van der Waals surface area contributed by atoms with Gasteiger partial charge in [-0.1, -0.05) is 6.42 Å². The van der Waals surface area contributed by atoms with Crippen molar-refractivity contribution in [3.05, 3.63) is 47.9 Å². The molecule has 1 spiro atoms. The lowest BCUT2D eigenvalue weighted by atomic mass is 9.83. The second-order valence-corrected chi connectivity index (χ2v) is 8.90. The zero-order chi connectivity index (χ0) is 20.8. The van der Waals surface area contributed by atoms with Crippen LogP contribution in [0, 0.1) is 11.7 Å². The number of pyridine rings is 1. The maximum absolute atomic E-state index is 13.2. The molecule has 2 atom stereocenters. The number of imide groups is 1. The van der Waals surface area contributed by atoms with Crippen LogP contribution in [0.4, 0.5) is 9.18 Å². The number of rotatable bonds is 4. The molecule has 0 radical (unpaired) electrons. The zero-order valence-electron chi connectivity index (χ0n) is 15.3. The molecule has 2 unspecified atom stereocenters. The van der Waals surface area contributed by atoms with Crippen molar-refractivity contribution in [2.75, 3.05) is 0 Å². The lowest BCUT2D eigenvalue weighted by molar-refractivity contribution is -0.125. The van der Waals surface area contributed by atoms with Crippen molar-refractivity contribution in [1.82, 2.24) is 15.6 Å². The number of sulfonamides is 1. The first-order chi connectivity index (χ1) is 13.7. The molecule has 1 saturated heterocycles. The molecule has 1 aliphatic carbocycles. The van der Waals surface area contributed by atoms with E-state index in [1.54, 1.807) is 12.1 Å². The van der Waals surface area contributed by atoms with E-state index in [0.717, 1.165) is 0 Å². The molecule has 10 heteroatoms. The van der Waals surface area contributed by atoms with Crippen molar-refractivity contribution >= 4 is 22.0 Å². The Balaban J connectivity index is 1.75. The summed E-state index contributed by atoms with van der Waals surface area (Å²) < 4.78 is 37.4. The van der Waals surface area contributed by atoms with Gasteiger partial charge in [0.15, 0.2) is 0 Å². The minimum absolute atomic E-state index is 0.129. The van der Waals surface area contributed by atoms with Crippen molar-refractivity contribution < 1.29 is 22.4 Å². The van der Waals surface area contributed by atoms with Crippen LogP contribution in [0.5, 0.6) is 0 Å². The number of nitrogens with one attached hydrogen (secondary N) is 2. The second-order valence-electron chi connectivity index (χ2n) is 7.37. The topological polar surface area (TPSA) is 131 Å². The summed E-state index contributed by atoms with van der Waals surface area (Å²) in [6.07, 6.45) is 1.95. The van der Waals surface area contributed by atoms with Crippen LogP contribution in [0.15, 0.2) is 41.3 Å². The number of benzene rings is 1. The highest BCUT2D eigenvalue weighted by molar-refractivity contribution is 7.89. The fourth-order valence-electron chi connectivity index (χ4n) is 4.23. The molecule has 4 N–H and O–H groups in total. The summed E-state index contributed by atoms with van der Waals surface area (Å²) in [5.41, 5.74) is 0.218. The summed E-state index contributed by atoms with van der Waals surface area (Å²) in [6.45, 7) is 0. The molecule has 2 fully saturated rings. The van der Waals surface area contributed by atoms with Gasteiger partial charge in [0.1, 0.15) is 16.3 Å². The van der Waals surface area contributed by atoms with Crippen LogP contribution < -0.4 is 15.8 Å². The predicted octanol–water partition coefficient (Wildman–Crippen LogP) is 1.46. The Bertz CT molecular complexity index is 1100. The van der Waals surface area contributed by atoms with E-state index in [-0.39, 0.29) is 22.9 Å². The molecule has 2 aromatic rings. The first-order valence-corrected chi connectivity index (χ1v) is 10.7. The first-order valence-electron chi connectivity index (χ1n) is 9.11. The summed E-state index contributed by atoms with van der Waals surface area (Å²) in [7, 11) is -4.05. The minimum Gasteiger partial charge on any atom is -0.323 e. The van der Waals surface area contributed by atoms with E-state index in [9.17, 15) is 22.4 Å². The van der Waals surface area contributed by atoms with Crippen molar-refractivity contribution in [3.8, 4) is 11.3 Å². The second kappa shape index (κ2) is 6.89. The average Bonchev–Trinajstić information content (AvgIpc) is 3.17. The molecular weight excluding hydrogens is 399 g/mol. The summed E-state index contributed by atoms with van der Waals surface area (Å²) >= 11 is 0. The Morgan fingerprint density at radius 1 is 1.17 bits per heavy atom. The normalized spacial score (nSPS) is 24.0. The minimum atomic E-state index is -4.05. The zero-order valence-corrected chi connectivity index (χ0v) is 16.1. The van der Waals surface area contributed by atoms with Gasteiger partial charge in [-0.05, 0) is 61.6 Å². The van der Waals surface area contributed by atoms with Crippen LogP contribution in [0.1, 0.15) is 25.0 Å². The third-order valence-corrected chi connectivity index (χ3v) is 6.59. The van der Waals surface area contributed by atoms with Crippen LogP contribution >= 0.6 is 0 Å². The van der Waals surface area contributed by atoms with Gasteiger partial charge in [0.05, 0.1) is 11.4 Å². The van der Waals surface area contributed by atoms with Gasteiger partial charge in [-0.25, -0.2) is 22.7 Å². The quantitative estimate of drug-likeness (QED) is 0.647. The fraction of sp³-hybridized carbons (Fsp3) is 0.316. The number of carbonyl (C=O) groups excluding carboxylic acids is 2. The number of nitrogens with two attached hydrogens (primary N) is 1. The first kappa shape index (κ1) is 19.5. The van der Waals surface area contributed by atoms with Crippen molar-refractivity contribution in [3.63, 3.8) is 0 Å². The average molecular weight is 418 g/mol. The summed E-state index contributed by atoms with van der Waals surface area (Å²) in [5.74, 6) is -1.13. The maximum atomic E-state index is 13.2. The molecule has 152 valence electrons. The predicted molar refractivity (Wildman–Crippen MR) is 101 cm³/mol. The van der Waals surface area contributed by atoms with Crippen LogP contribution in [0.2, 0.25) is 0 Å². The summed E-state index contributed by atoms with van der Waals surface area (Å²) in [5, 5.41) is 10.3. The lowest BCUT2D eigenvalue weighted by Gasteiger charge is -2.28. The molecule has 1 aromatic carbocycles. The number of nitrogens with zero attached hydrogens (tertiary/aromatic N) is 1. The van der Waals surface area contributed by atoms with E-state index in [1.807, 2.05) is 0 Å². The highest BCUT2D eigenvalue weighted by Crippen LogP contribution is 2.40. The Morgan fingerprint density at radius 3 is 2.52 bits per heavy atom. The number of hydrogen-bond donors (Lipinski definition) is 3. The Labute approximate surface area is 166 Å². The van der Waals surface area contributed by atoms with E-state index in [4.69, 9.17) is 5.14 Å². The number of hydrogen-bond acceptors (Lipinski definition) is 5. The number of halogens is 1. The van der Waals surface area contributed by atoms with Crippen molar-refractivity contribution in [2.45, 2.75) is 36.1 Å². The number of urea groups is 1. The van der Waals surface area contributed by atoms with E-state index >= 15 is 0 Å². The third-order valence-electron chi connectivity index (χ3n) is 5.61. The summed E-state index contributed by atoms with van der Waals surface area (Å²) in [6, 6.07) is 7.97. The lowest BCUT2D eigenvalue weighted by Crippen LogP contribution is -2.50. The van der Waals surface area contributed by atoms with Crippen LogP contribution in [0.3, 0.4) is 0 Å². The molecule has 2 aliphatic rings. The molecule has 2 heterocycles. The van der Waals surface area contributed by atoms with Crippen molar-refractivity contribution in [2.24, 2.45) is 11.1 Å². The molecule has 1 aromatic heterocycles. The van der Waals surface area contributed by atoms with E-state index < -0.39 is 33.3 Å². The molecule has 1 aliphatic heterocycles. The van der Waals surface area contributed by atoms with Gasteiger partial charge in [-0.2, -0.15) is 0 Å². The maximum Gasteiger partial charge on any atom is 0.322 e.